The topological polar surface area (TPSA) is 32.3 Å². The standard InChI is InChI=1S/C13H16ClNO/c14-13-9-1-3-10(15-7-9)5-8-2-4-11(16)6-12(8)13/h2,4,6,9-10,13,15-16H,1,3,5,7H2. The molecule has 0 aromatic heterocycles. The van der Waals surface area contributed by atoms with Gasteiger partial charge in [-0.25, -0.2) is 0 Å². The number of nitrogens with one attached hydrogen (secondary N) is 1. The summed E-state index contributed by atoms with van der Waals surface area (Å²) in [6, 6.07) is 6.21. The van der Waals surface area contributed by atoms with Crippen molar-refractivity contribution in [2.24, 2.45) is 5.92 Å². The van der Waals surface area contributed by atoms with Gasteiger partial charge in [-0.2, -0.15) is 0 Å². The lowest BCUT2D eigenvalue weighted by atomic mass is 9.81. The lowest BCUT2D eigenvalue weighted by molar-refractivity contribution is 0.290. The Morgan fingerprint density at radius 2 is 2.19 bits per heavy atom. The van der Waals surface area contributed by atoms with Crippen molar-refractivity contribution < 1.29 is 5.11 Å². The van der Waals surface area contributed by atoms with E-state index in [1.54, 1.807) is 6.07 Å². The highest BCUT2D eigenvalue weighted by Crippen LogP contribution is 2.40. The SMILES string of the molecule is Oc1ccc2c(c1)C(Cl)C1CCC(C2)NC1. The smallest absolute Gasteiger partial charge is 0.115 e. The molecule has 1 fully saturated rings. The lowest BCUT2D eigenvalue weighted by Crippen LogP contribution is -2.43. The molecule has 1 aromatic rings. The van der Waals surface area contributed by atoms with Gasteiger partial charge in [0.25, 0.3) is 0 Å². The predicted octanol–water partition coefficient (Wildman–Crippen LogP) is 2.60. The molecule has 3 atom stereocenters. The molecule has 16 heavy (non-hydrogen) atoms. The van der Waals surface area contributed by atoms with Crippen LogP contribution in [0.5, 0.6) is 5.75 Å². The first-order valence-corrected chi connectivity index (χ1v) is 6.37. The second-order valence-corrected chi connectivity index (χ2v) is 5.40. The maximum atomic E-state index is 9.56. The van der Waals surface area contributed by atoms with Crippen molar-refractivity contribution in [1.82, 2.24) is 5.32 Å². The summed E-state index contributed by atoms with van der Waals surface area (Å²) in [7, 11) is 0. The van der Waals surface area contributed by atoms with Crippen LogP contribution in [0, 0.1) is 5.92 Å². The van der Waals surface area contributed by atoms with Gasteiger partial charge in [0, 0.05) is 6.04 Å². The first-order chi connectivity index (χ1) is 7.74. The summed E-state index contributed by atoms with van der Waals surface area (Å²) in [6.07, 6.45) is 3.45. The highest BCUT2D eigenvalue weighted by atomic mass is 35.5. The van der Waals surface area contributed by atoms with Crippen LogP contribution in [-0.4, -0.2) is 17.7 Å². The lowest BCUT2D eigenvalue weighted by Gasteiger charge is -2.37. The van der Waals surface area contributed by atoms with Gasteiger partial charge in [0.05, 0.1) is 5.38 Å². The normalized spacial score (nSPS) is 32.9. The Hall–Kier alpha value is -0.730. The highest BCUT2D eigenvalue weighted by Gasteiger charge is 2.32. The molecule has 1 saturated heterocycles. The van der Waals surface area contributed by atoms with Crippen molar-refractivity contribution in [2.75, 3.05) is 6.54 Å². The van der Waals surface area contributed by atoms with E-state index in [0.29, 0.717) is 17.7 Å². The van der Waals surface area contributed by atoms with Gasteiger partial charge in [0.2, 0.25) is 0 Å². The molecule has 0 spiro atoms. The third-order valence-corrected chi connectivity index (χ3v) is 4.45. The molecule has 2 N–H and O–H groups in total. The largest absolute Gasteiger partial charge is 0.508 e. The van der Waals surface area contributed by atoms with Crippen LogP contribution in [0.2, 0.25) is 0 Å². The molecule has 0 saturated carbocycles. The van der Waals surface area contributed by atoms with E-state index >= 15 is 0 Å². The molecule has 3 unspecified atom stereocenters. The quantitative estimate of drug-likeness (QED) is 0.680. The second-order valence-electron chi connectivity index (χ2n) is 4.93. The van der Waals surface area contributed by atoms with Crippen molar-refractivity contribution in [1.29, 1.82) is 0 Å². The van der Waals surface area contributed by atoms with Crippen molar-refractivity contribution in [3.63, 3.8) is 0 Å². The van der Waals surface area contributed by atoms with E-state index < -0.39 is 0 Å². The summed E-state index contributed by atoms with van der Waals surface area (Å²) in [5.41, 5.74) is 2.43. The number of phenols is 1. The van der Waals surface area contributed by atoms with Gasteiger partial charge in [0.15, 0.2) is 0 Å². The van der Waals surface area contributed by atoms with Crippen molar-refractivity contribution >= 4 is 11.6 Å². The van der Waals surface area contributed by atoms with Gasteiger partial charge < -0.3 is 10.4 Å². The average Bonchev–Trinajstić information content (AvgIpc) is 2.30. The maximum Gasteiger partial charge on any atom is 0.115 e. The molecule has 2 aliphatic heterocycles. The fourth-order valence-corrected chi connectivity index (χ4v) is 3.32. The first kappa shape index (κ1) is 10.4. The number of alkyl halides is 1. The van der Waals surface area contributed by atoms with E-state index in [0.717, 1.165) is 18.5 Å². The molecule has 4 rings (SSSR count). The Labute approximate surface area is 101 Å². The Bertz CT molecular complexity index is 399. The number of fused-ring (bicyclic) bond motifs is 2. The molecule has 2 bridgehead atoms. The summed E-state index contributed by atoms with van der Waals surface area (Å²) in [5, 5.41) is 13.2. The molecule has 1 aromatic carbocycles. The van der Waals surface area contributed by atoms with E-state index in [1.165, 1.54) is 18.4 Å². The number of phenolic OH excluding ortho intramolecular Hbond substituents is 1. The third-order valence-electron chi connectivity index (χ3n) is 3.86. The monoisotopic (exact) mass is 237 g/mol. The fourth-order valence-electron chi connectivity index (χ4n) is 2.91. The van der Waals surface area contributed by atoms with Crippen LogP contribution < -0.4 is 5.32 Å². The fraction of sp³-hybridized carbons (Fsp3) is 0.538. The van der Waals surface area contributed by atoms with Crippen LogP contribution in [0.15, 0.2) is 18.2 Å². The molecule has 0 amide bonds. The Morgan fingerprint density at radius 3 is 2.94 bits per heavy atom. The zero-order chi connectivity index (χ0) is 11.1. The van der Waals surface area contributed by atoms with E-state index in [2.05, 4.69) is 5.32 Å². The zero-order valence-corrected chi connectivity index (χ0v) is 9.87. The van der Waals surface area contributed by atoms with E-state index in [1.807, 2.05) is 12.1 Å². The number of piperidine rings is 1. The van der Waals surface area contributed by atoms with Crippen molar-refractivity contribution in [2.45, 2.75) is 30.7 Å². The molecule has 2 nitrogen and oxygen atoms in total. The average molecular weight is 238 g/mol. The van der Waals surface area contributed by atoms with Crippen LogP contribution in [0.4, 0.5) is 0 Å². The Morgan fingerprint density at radius 1 is 1.31 bits per heavy atom. The van der Waals surface area contributed by atoms with Crippen molar-refractivity contribution in [3.05, 3.63) is 29.3 Å². The van der Waals surface area contributed by atoms with Gasteiger partial charge >= 0.3 is 0 Å². The molecule has 3 aliphatic rings. The highest BCUT2D eigenvalue weighted by molar-refractivity contribution is 6.21. The van der Waals surface area contributed by atoms with Crippen LogP contribution in [0.3, 0.4) is 0 Å². The minimum Gasteiger partial charge on any atom is -0.508 e. The Kier molecular flexibility index (Phi) is 2.56. The number of halogens is 1. The van der Waals surface area contributed by atoms with E-state index in [4.69, 9.17) is 11.6 Å². The molecule has 3 heteroatoms. The van der Waals surface area contributed by atoms with Gasteiger partial charge in [-0.1, -0.05) is 6.07 Å². The van der Waals surface area contributed by atoms with Crippen molar-refractivity contribution in [3.8, 4) is 5.75 Å². The molecule has 0 radical (unpaired) electrons. The minimum absolute atomic E-state index is 0.0378. The summed E-state index contributed by atoms with van der Waals surface area (Å²) in [4.78, 5) is 0. The first-order valence-electron chi connectivity index (χ1n) is 5.93. The summed E-state index contributed by atoms with van der Waals surface area (Å²) < 4.78 is 0. The number of hydrogen-bond acceptors (Lipinski definition) is 2. The zero-order valence-electron chi connectivity index (χ0n) is 9.12. The summed E-state index contributed by atoms with van der Waals surface area (Å²) in [5.74, 6) is 0.826. The minimum atomic E-state index is 0.0378. The van der Waals surface area contributed by atoms with Gasteiger partial charge in [-0.3, -0.25) is 0 Å². The Balaban J connectivity index is 2.06. The molecule has 1 aliphatic carbocycles. The van der Waals surface area contributed by atoms with E-state index in [9.17, 15) is 5.11 Å². The van der Waals surface area contributed by atoms with Crippen LogP contribution >= 0.6 is 11.6 Å². The summed E-state index contributed by atoms with van der Waals surface area (Å²) in [6.45, 7) is 1.01. The maximum absolute atomic E-state index is 9.56. The number of rotatable bonds is 0. The number of benzene rings is 1. The van der Waals surface area contributed by atoms with Crippen LogP contribution in [0.1, 0.15) is 29.3 Å². The molecule has 86 valence electrons. The summed E-state index contributed by atoms with van der Waals surface area (Å²) >= 11 is 6.54. The van der Waals surface area contributed by atoms with Gasteiger partial charge in [-0.15, -0.1) is 11.6 Å². The number of hydrogen-bond donors (Lipinski definition) is 2. The van der Waals surface area contributed by atoms with E-state index in [-0.39, 0.29) is 5.38 Å². The predicted molar refractivity (Wildman–Crippen MR) is 64.9 cm³/mol. The van der Waals surface area contributed by atoms with Crippen LogP contribution in [-0.2, 0) is 6.42 Å². The molecular formula is C13H16ClNO. The van der Waals surface area contributed by atoms with Gasteiger partial charge in [-0.05, 0) is 55.0 Å². The van der Waals surface area contributed by atoms with Gasteiger partial charge in [0.1, 0.15) is 5.75 Å². The molecular weight excluding hydrogens is 222 g/mol. The number of aromatic hydroxyl groups is 1. The molecule has 2 heterocycles. The third kappa shape index (κ3) is 1.70. The van der Waals surface area contributed by atoms with Crippen LogP contribution in [0.25, 0.3) is 0 Å². The second kappa shape index (κ2) is 3.94.